The van der Waals surface area contributed by atoms with Gasteiger partial charge in [-0.3, -0.25) is 4.79 Å². The minimum atomic E-state index is -0.0520. The maximum atomic E-state index is 12.7. The van der Waals surface area contributed by atoms with Gasteiger partial charge in [0.25, 0.3) is 5.91 Å². The lowest BCUT2D eigenvalue weighted by molar-refractivity contribution is 0.0953. The third kappa shape index (κ3) is 5.55. The SMILES string of the molecule is CCCNC(=O)c1cccc(C2=C\CC(C)c3ccccc3/C(Nc3ccc4ccc(CC)cc4c3)=N\2)c1. The predicted octanol–water partition coefficient (Wildman–Crippen LogP) is 7.95. The van der Waals surface area contributed by atoms with Gasteiger partial charge >= 0.3 is 0 Å². The first-order valence-electron chi connectivity index (χ1n) is 13.6. The van der Waals surface area contributed by atoms with Crippen LogP contribution in [0, 0.1) is 0 Å². The highest BCUT2D eigenvalue weighted by Crippen LogP contribution is 2.31. The number of hydrogen-bond acceptors (Lipinski definition) is 3. The van der Waals surface area contributed by atoms with Gasteiger partial charge in [-0.15, -0.1) is 0 Å². The number of aliphatic imine (C=N–C) groups is 1. The van der Waals surface area contributed by atoms with Crippen molar-refractivity contribution in [3.8, 4) is 0 Å². The van der Waals surface area contributed by atoms with Crippen molar-refractivity contribution < 1.29 is 4.79 Å². The molecule has 0 aliphatic carbocycles. The molecule has 0 bridgehead atoms. The molecule has 0 saturated carbocycles. The van der Waals surface area contributed by atoms with Crippen LogP contribution < -0.4 is 10.6 Å². The average molecular weight is 502 g/mol. The van der Waals surface area contributed by atoms with E-state index < -0.39 is 0 Å². The molecule has 1 heterocycles. The van der Waals surface area contributed by atoms with Crippen LogP contribution in [0.15, 0.2) is 96.0 Å². The molecule has 4 aromatic rings. The maximum Gasteiger partial charge on any atom is 0.251 e. The van der Waals surface area contributed by atoms with Gasteiger partial charge in [0.2, 0.25) is 0 Å². The number of carbonyl (C=O) groups is 1. The molecular weight excluding hydrogens is 466 g/mol. The molecule has 0 spiro atoms. The molecule has 0 aromatic heterocycles. The Labute approximate surface area is 225 Å². The van der Waals surface area contributed by atoms with Crippen LogP contribution in [0.1, 0.15) is 72.1 Å². The molecule has 1 aliphatic heterocycles. The van der Waals surface area contributed by atoms with Crippen LogP contribution in [0.4, 0.5) is 5.69 Å². The first-order chi connectivity index (χ1) is 18.6. The van der Waals surface area contributed by atoms with E-state index in [1.54, 1.807) is 0 Å². The minimum Gasteiger partial charge on any atom is -0.352 e. The fraction of sp³-hybridized carbons (Fsp3) is 0.235. The van der Waals surface area contributed by atoms with Gasteiger partial charge in [0.15, 0.2) is 0 Å². The molecule has 1 unspecified atom stereocenters. The van der Waals surface area contributed by atoms with Crippen molar-refractivity contribution in [2.24, 2.45) is 4.99 Å². The van der Waals surface area contributed by atoms with E-state index >= 15 is 0 Å². The Balaban J connectivity index is 1.57. The van der Waals surface area contributed by atoms with Crippen molar-refractivity contribution in [2.75, 3.05) is 11.9 Å². The van der Waals surface area contributed by atoms with Gasteiger partial charge in [-0.25, -0.2) is 4.99 Å². The molecule has 1 atom stereocenters. The summed E-state index contributed by atoms with van der Waals surface area (Å²) in [5.41, 5.74) is 7.16. The number of fused-ring (bicyclic) bond motifs is 2. The highest BCUT2D eigenvalue weighted by Gasteiger charge is 2.19. The molecule has 1 amide bonds. The number of allylic oxidation sites excluding steroid dienone is 1. The Morgan fingerprint density at radius 1 is 0.921 bits per heavy atom. The topological polar surface area (TPSA) is 53.5 Å². The van der Waals surface area contributed by atoms with Gasteiger partial charge in [-0.05, 0) is 71.3 Å². The summed E-state index contributed by atoms with van der Waals surface area (Å²) >= 11 is 0. The second kappa shape index (κ2) is 11.5. The lowest BCUT2D eigenvalue weighted by Gasteiger charge is -2.21. The van der Waals surface area contributed by atoms with Gasteiger partial charge in [0, 0.05) is 28.9 Å². The standard InChI is InChI=1S/C34H35N3O/c1-4-19-35-34(38)27-10-8-9-26(21-27)32-18-13-23(3)30-11-6-7-12-31(30)33(37-32)36-29-17-16-25-15-14-24(5-2)20-28(25)22-29/h6-12,14-18,20-23H,4-5,13,19H2,1-3H3,(H,35,38)(H,36,37)/b32-18+. The fourth-order valence-corrected chi connectivity index (χ4v) is 4.95. The van der Waals surface area contributed by atoms with Crippen LogP contribution in [-0.2, 0) is 6.42 Å². The second-order valence-electron chi connectivity index (χ2n) is 9.99. The van der Waals surface area contributed by atoms with Crippen LogP contribution in [-0.4, -0.2) is 18.3 Å². The van der Waals surface area contributed by atoms with E-state index in [4.69, 9.17) is 4.99 Å². The Bertz CT molecular complexity index is 1530. The number of amides is 1. The van der Waals surface area contributed by atoms with Crippen molar-refractivity contribution in [1.29, 1.82) is 0 Å². The third-order valence-electron chi connectivity index (χ3n) is 7.18. The Morgan fingerprint density at radius 2 is 1.76 bits per heavy atom. The van der Waals surface area contributed by atoms with E-state index in [9.17, 15) is 4.79 Å². The number of amidine groups is 1. The predicted molar refractivity (Wildman–Crippen MR) is 160 cm³/mol. The van der Waals surface area contributed by atoms with Gasteiger partial charge < -0.3 is 10.6 Å². The van der Waals surface area contributed by atoms with Crippen LogP contribution in [0.25, 0.3) is 16.5 Å². The number of hydrogen-bond donors (Lipinski definition) is 2. The minimum absolute atomic E-state index is 0.0520. The van der Waals surface area contributed by atoms with Gasteiger partial charge in [-0.1, -0.05) is 87.5 Å². The zero-order valence-electron chi connectivity index (χ0n) is 22.4. The second-order valence-corrected chi connectivity index (χ2v) is 9.99. The number of aryl methyl sites for hydroxylation is 1. The Hall–Kier alpha value is -4.18. The third-order valence-corrected chi connectivity index (χ3v) is 7.18. The van der Waals surface area contributed by atoms with E-state index in [2.05, 4.69) is 98.1 Å². The van der Waals surface area contributed by atoms with Crippen LogP contribution in [0.3, 0.4) is 0 Å². The largest absolute Gasteiger partial charge is 0.352 e. The molecule has 0 radical (unpaired) electrons. The van der Waals surface area contributed by atoms with Gasteiger partial charge in [0.05, 0.1) is 5.70 Å². The lowest BCUT2D eigenvalue weighted by Crippen LogP contribution is -2.24. The van der Waals surface area contributed by atoms with Gasteiger partial charge in [-0.2, -0.15) is 0 Å². The summed E-state index contributed by atoms with van der Waals surface area (Å²) in [6.45, 7) is 7.15. The Morgan fingerprint density at radius 3 is 2.61 bits per heavy atom. The average Bonchev–Trinajstić information content (AvgIpc) is 2.96. The summed E-state index contributed by atoms with van der Waals surface area (Å²) in [6, 6.07) is 29.4. The van der Waals surface area contributed by atoms with Crippen LogP contribution in [0.5, 0.6) is 0 Å². The van der Waals surface area contributed by atoms with Crippen molar-refractivity contribution in [3.63, 3.8) is 0 Å². The molecule has 4 aromatic carbocycles. The fourth-order valence-electron chi connectivity index (χ4n) is 4.95. The zero-order chi connectivity index (χ0) is 26.5. The summed E-state index contributed by atoms with van der Waals surface area (Å²) in [7, 11) is 0. The molecule has 0 fully saturated rings. The Kier molecular flexibility index (Phi) is 7.69. The first-order valence-corrected chi connectivity index (χ1v) is 13.6. The monoisotopic (exact) mass is 501 g/mol. The number of nitrogens with one attached hydrogen (secondary N) is 2. The first kappa shape index (κ1) is 25.5. The highest BCUT2D eigenvalue weighted by molar-refractivity contribution is 6.12. The van der Waals surface area contributed by atoms with Gasteiger partial charge in [0.1, 0.15) is 5.84 Å². The molecule has 1 aliphatic rings. The summed E-state index contributed by atoms with van der Waals surface area (Å²) in [6.07, 6.45) is 4.97. The van der Waals surface area contributed by atoms with E-state index in [-0.39, 0.29) is 5.91 Å². The normalized spacial score (nSPS) is 17.8. The van der Waals surface area contributed by atoms with Crippen molar-refractivity contribution in [1.82, 2.24) is 5.32 Å². The van der Waals surface area contributed by atoms with Crippen molar-refractivity contribution >= 4 is 33.9 Å². The van der Waals surface area contributed by atoms with Crippen molar-refractivity contribution in [3.05, 3.63) is 119 Å². The number of anilines is 1. The van der Waals surface area contributed by atoms with E-state index in [1.807, 2.05) is 24.3 Å². The summed E-state index contributed by atoms with van der Waals surface area (Å²) < 4.78 is 0. The quantitative estimate of drug-likeness (QED) is 0.282. The molecule has 0 saturated heterocycles. The number of benzene rings is 4. The van der Waals surface area contributed by atoms with Crippen LogP contribution in [0.2, 0.25) is 0 Å². The zero-order valence-corrected chi connectivity index (χ0v) is 22.4. The van der Waals surface area contributed by atoms with Crippen molar-refractivity contribution in [2.45, 2.75) is 46.0 Å². The molecule has 192 valence electrons. The smallest absolute Gasteiger partial charge is 0.251 e. The number of carbonyl (C=O) groups excluding carboxylic acids is 1. The number of rotatable bonds is 6. The molecular formula is C34H35N3O. The van der Waals surface area contributed by atoms with E-state index in [0.29, 0.717) is 18.0 Å². The highest BCUT2D eigenvalue weighted by atomic mass is 16.1. The molecule has 4 heteroatoms. The molecule has 4 nitrogen and oxygen atoms in total. The van der Waals surface area contributed by atoms with E-state index in [1.165, 1.54) is 21.9 Å². The summed E-state index contributed by atoms with van der Waals surface area (Å²) in [4.78, 5) is 17.8. The number of nitrogens with zero attached hydrogens (tertiary/aromatic N) is 1. The molecule has 38 heavy (non-hydrogen) atoms. The molecule has 5 rings (SSSR count). The van der Waals surface area contributed by atoms with E-state index in [0.717, 1.165) is 47.6 Å². The molecule has 2 N–H and O–H groups in total. The summed E-state index contributed by atoms with van der Waals surface area (Å²) in [5.74, 6) is 1.09. The summed E-state index contributed by atoms with van der Waals surface area (Å²) in [5, 5.41) is 9.06. The van der Waals surface area contributed by atoms with Crippen LogP contribution >= 0.6 is 0 Å². The maximum absolute atomic E-state index is 12.7. The lowest BCUT2D eigenvalue weighted by atomic mass is 9.90.